The molecule has 3 rings (SSSR count). The molecule has 0 bridgehead atoms. The molecule has 0 radical (unpaired) electrons. The average molecular weight is 425 g/mol. The van der Waals surface area contributed by atoms with Gasteiger partial charge in [0.15, 0.2) is 0 Å². The summed E-state index contributed by atoms with van der Waals surface area (Å²) in [5.41, 5.74) is 4.32. The van der Waals surface area contributed by atoms with Crippen molar-refractivity contribution in [3.05, 3.63) is 23.6 Å². The number of halogens is 1. The summed E-state index contributed by atoms with van der Waals surface area (Å²) in [5, 5.41) is 0. The van der Waals surface area contributed by atoms with Gasteiger partial charge in [0.25, 0.3) is 0 Å². The summed E-state index contributed by atoms with van der Waals surface area (Å²) in [7, 11) is -2.82. The number of esters is 1. The number of anilines is 1. The second-order valence-corrected chi connectivity index (χ2v) is 11.9. The maximum absolute atomic E-state index is 14.7. The zero-order valence-corrected chi connectivity index (χ0v) is 18.4. The summed E-state index contributed by atoms with van der Waals surface area (Å²) >= 11 is 0. The first-order chi connectivity index (χ1) is 13.3. The molecule has 160 valence electrons. The molecule has 9 heteroatoms. The zero-order chi connectivity index (χ0) is 21.7. The van der Waals surface area contributed by atoms with Crippen LogP contribution in [0.2, 0.25) is 0 Å². The number of hydrogen-bond acceptors (Lipinski definition) is 7. The molecule has 0 spiro atoms. The highest BCUT2D eigenvalue weighted by Gasteiger charge is 2.52. The fraction of sp³-hybridized carbons (Fsp3) is 0.650. The lowest BCUT2D eigenvalue weighted by atomic mass is 9.92. The molecule has 0 amide bonds. The van der Waals surface area contributed by atoms with Crippen LogP contribution in [0.25, 0.3) is 0 Å². The summed E-state index contributed by atoms with van der Waals surface area (Å²) in [6, 6.07) is 2.59. The first-order valence-electron chi connectivity index (χ1n) is 9.72. The largest absolute Gasteiger partial charge is 0.460 e. The van der Waals surface area contributed by atoms with Gasteiger partial charge < -0.3 is 10.5 Å². The zero-order valence-electron chi connectivity index (χ0n) is 17.6. The Balaban J connectivity index is 2.15. The number of hydrogen-bond donors (Lipinski definition) is 1. The van der Waals surface area contributed by atoms with E-state index in [9.17, 15) is 13.4 Å². The molecule has 3 atom stereocenters. The first kappa shape index (κ1) is 21.7. The molecule has 0 saturated carbocycles. The van der Waals surface area contributed by atoms with Gasteiger partial charge >= 0.3 is 5.97 Å². The Hall–Kier alpha value is -2.03. The monoisotopic (exact) mass is 424 g/mol. The molecule has 7 nitrogen and oxygen atoms in total. The van der Waals surface area contributed by atoms with Gasteiger partial charge in [-0.15, -0.1) is 0 Å². The molecular weight excluding hydrogens is 395 g/mol. The van der Waals surface area contributed by atoms with Crippen molar-refractivity contribution in [1.82, 2.24) is 4.98 Å². The van der Waals surface area contributed by atoms with E-state index in [0.717, 1.165) is 6.42 Å². The smallest absolute Gasteiger partial charge is 0.312 e. The van der Waals surface area contributed by atoms with E-state index >= 15 is 0 Å². The number of aliphatic imine (C=N–C) groups is 1. The maximum Gasteiger partial charge on any atom is 0.312 e. The Morgan fingerprint density at radius 1 is 1.34 bits per heavy atom. The van der Waals surface area contributed by atoms with Crippen molar-refractivity contribution in [2.24, 2.45) is 9.36 Å². The molecule has 0 saturated heterocycles. The van der Waals surface area contributed by atoms with E-state index in [-0.39, 0.29) is 23.7 Å². The molecule has 0 aromatic carbocycles. The van der Waals surface area contributed by atoms with Gasteiger partial charge in [-0.1, -0.05) is 0 Å². The molecule has 2 N–H and O–H groups in total. The van der Waals surface area contributed by atoms with Crippen LogP contribution in [0.4, 0.5) is 10.2 Å². The quantitative estimate of drug-likeness (QED) is 0.750. The van der Waals surface area contributed by atoms with Gasteiger partial charge in [-0.3, -0.25) is 9.79 Å². The molecule has 1 aromatic heterocycles. The van der Waals surface area contributed by atoms with E-state index in [1.165, 1.54) is 12.1 Å². The third-order valence-corrected chi connectivity index (χ3v) is 8.79. The van der Waals surface area contributed by atoms with Gasteiger partial charge in [0, 0.05) is 12.3 Å². The maximum atomic E-state index is 14.7. The minimum atomic E-state index is -2.82. The predicted octanol–water partition coefficient (Wildman–Crippen LogP) is 3.23. The van der Waals surface area contributed by atoms with Gasteiger partial charge in [-0.25, -0.2) is 17.9 Å². The number of carbonyl (C=O) groups excluding carboxylic acids is 1. The molecule has 3 heterocycles. The molecule has 2 aliphatic rings. The average Bonchev–Trinajstić information content (AvgIpc) is 2.56. The third kappa shape index (κ3) is 4.01. The number of nitrogen functional groups attached to an aromatic ring is 1. The van der Waals surface area contributed by atoms with E-state index in [1.807, 2.05) is 6.92 Å². The number of rotatable bonds is 3. The number of pyridine rings is 1. The Kier molecular flexibility index (Phi) is 5.26. The molecule has 0 fully saturated rings. The fourth-order valence-electron chi connectivity index (χ4n) is 3.99. The summed E-state index contributed by atoms with van der Waals surface area (Å²) in [6.07, 6.45) is 1.22. The third-order valence-electron chi connectivity index (χ3n) is 5.39. The van der Waals surface area contributed by atoms with Crippen LogP contribution < -0.4 is 5.73 Å². The van der Waals surface area contributed by atoms with E-state index < -0.39 is 37.4 Å². The lowest BCUT2D eigenvalue weighted by Gasteiger charge is -2.45. The lowest BCUT2D eigenvalue weighted by molar-refractivity contribution is -0.153. The van der Waals surface area contributed by atoms with E-state index in [0.29, 0.717) is 18.7 Å². The van der Waals surface area contributed by atoms with Crippen LogP contribution in [-0.2, 0) is 24.8 Å². The van der Waals surface area contributed by atoms with Crippen molar-refractivity contribution in [2.45, 2.75) is 69.8 Å². The van der Waals surface area contributed by atoms with Gasteiger partial charge in [0.2, 0.25) is 0 Å². The Morgan fingerprint density at radius 2 is 2.03 bits per heavy atom. The molecule has 2 aliphatic heterocycles. The van der Waals surface area contributed by atoms with Gasteiger partial charge in [-0.2, -0.15) is 0 Å². The number of carbonyl (C=O) groups is 1. The van der Waals surface area contributed by atoms with Crippen LogP contribution in [0.1, 0.15) is 59.6 Å². The van der Waals surface area contributed by atoms with Crippen molar-refractivity contribution in [3.63, 3.8) is 0 Å². The van der Waals surface area contributed by atoms with Crippen molar-refractivity contribution < 1.29 is 18.1 Å². The van der Waals surface area contributed by atoms with Crippen LogP contribution in [0, 0.1) is 5.82 Å². The van der Waals surface area contributed by atoms with Crippen LogP contribution in [0.15, 0.2) is 21.5 Å². The minimum absolute atomic E-state index is 0.0183. The molecule has 29 heavy (non-hydrogen) atoms. The molecule has 1 aromatic rings. The second-order valence-electron chi connectivity index (χ2n) is 9.13. The SMILES string of the molecule is CC(C)(C)OC(=O)CC1=N[C@](C)(c2nc(N)ccc2F)C[S@@]2(=O)=NCCC[C@@]12C. The highest BCUT2D eigenvalue weighted by atomic mass is 32.2. The first-order valence-corrected chi connectivity index (χ1v) is 11.4. The predicted molar refractivity (Wildman–Crippen MR) is 112 cm³/mol. The van der Waals surface area contributed by atoms with E-state index in [1.54, 1.807) is 27.7 Å². The lowest BCUT2D eigenvalue weighted by Crippen LogP contribution is -2.55. The Morgan fingerprint density at radius 3 is 2.69 bits per heavy atom. The molecular formula is C20H29FN4O3S. The Bertz CT molecular complexity index is 994. The van der Waals surface area contributed by atoms with Gasteiger partial charge in [-0.05, 0) is 59.6 Å². The van der Waals surface area contributed by atoms with Crippen molar-refractivity contribution >= 4 is 27.2 Å². The second kappa shape index (κ2) is 7.04. The normalized spacial score (nSPS) is 32.0. The number of fused-ring (bicyclic) bond motifs is 1. The van der Waals surface area contributed by atoms with Gasteiger partial charge in [0.05, 0.1) is 26.6 Å². The Labute approximate surface area is 171 Å². The summed E-state index contributed by atoms with van der Waals surface area (Å²) in [4.78, 5) is 21.5. The van der Waals surface area contributed by atoms with Gasteiger partial charge in [0.1, 0.15) is 28.5 Å². The number of nitrogens with zero attached hydrogens (tertiary/aromatic N) is 3. The van der Waals surface area contributed by atoms with Crippen molar-refractivity contribution in [2.75, 3.05) is 18.0 Å². The molecule has 0 aliphatic carbocycles. The van der Waals surface area contributed by atoms with Crippen molar-refractivity contribution in [1.29, 1.82) is 0 Å². The van der Waals surface area contributed by atoms with Crippen LogP contribution in [-0.4, -0.2) is 43.5 Å². The number of nitrogens with two attached hydrogens (primary N) is 1. The topological polar surface area (TPSA) is 107 Å². The van der Waals surface area contributed by atoms with E-state index in [2.05, 4.69) is 9.35 Å². The standard InChI is InChI=1S/C20H29FN4O3S/c1-18(2,3)28-16(26)11-14-20(5)9-6-10-23-29(20,27)12-19(4,25-14)17-13(21)7-8-15(22)24-17/h7-8H,6,9-12H2,1-5H3,(H2,22,24)/t19-,20-,29-/m0/s1. The van der Waals surface area contributed by atoms with Crippen LogP contribution in [0.5, 0.6) is 0 Å². The summed E-state index contributed by atoms with van der Waals surface area (Å²) in [5.74, 6) is -0.864. The number of aromatic nitrogens is 1. The van der Waals surface area contributed by atoms with Crippen LogP contribution >= 0.6 is 0 Å². The molecule has 0 unspecified atom stereocenters. The van der Waals surface area contributed by atoms with E-state index in [4.69, 9.17) is 15.5 Å². The van der Waals surface area contributed by atoms with Crippen molar-refractivity contribution in [3.8, 4) is 0 Å². The summed E-state index contributed by atoms with van der Waals surface area (Å²) < 4.78 is 37.7. The minimum Gasteiger partial charge on any atom is -0.460 e. The number of ether oxygens (including phenoxy) is 1. The highest BCUT2D eigenvalue weighted by molar-refractivity contribution is 7.96. The summed E-state index contributed by atoms with van der Waals surface area (Å²) in [6.45, 7) is 9.32. The fourth-order valence-corrected chi connectivity index (χ4v) is 7.02. The highest BCUT2D eigenvalue weighted by Crippen LogP contribution is 2.44. The van der Waals surface area contributed by atoms with Crippen LogP contribution in [0.3, 0.4) is 0 Å².